The van der Waals surface area contributed by atoms with Gasteiger partial charge in [-0.15, -0.1) is 0 Å². The summed E-state index contributed by atoms with van der Waals surface area (Å²) in [5, 5.41) is 12.4. The zero-order valence-electron chi connectivity index (χ0n) is 8.40. The van der Waals surface area contributed by atoms with Gasteiger partial charge in [0.1, 0.15) is 6.33 Å². The fourth-order valence-electron chi connectivity index (χ4n) is 1.06. The van der Waals surface area contributed by atoms with Crippen molar-refractivity contribution in [1.82, 2.24) is 14.8 Å². The minimum Gasteiger partial charge on any atom is -0.388 e. The number of nitrogens with one attached hydrogen (secondary N) is 1. The van der Waals surface area contributed by atoms with Crippen LogP contribution in [0, 0.1) is 5.41 Å². The standard InChI is InChI=1S/C8H15N5S/c1-3-6(4-7(9)10)14-8-11-5-12-13(8)2/h5-6H,3-4H2,1-2H3,(H3,9,10). The maximum Gasteiger partial charge on any atom is 0.186 e. The molecule has 1 atom stereocenters. The predicted octanol–water partition coefficient (Wildman–Crippen LogP) is 1.01. The van der Waals surface area contributed by atoms with Crippen LogP contribution in [0.25, 0.3) is 0 Å². The van der Waals surface area contributed by atoms with Crippen LogP contribution in [0.2, 0.25) is 0 Å². The van der Waals surface area contributed by atoms with Gasteiger partial charge in [-0.2, -0.15) is 5.10 Å². The molecule has 0 aliphatic heterocycles. The highest BCUT2D eigenvalue weighted by atomic mass is 32.2. The molecule has 0 amide bonds. The van der Waals surface area contributed by atoms with Crippen molar-refractivity contribution in [3.05, 3.63) is 6.33 Å². The van der Waals surface area contributed by atoms with Gasteiger partial charge in [0.15, 0.2) is 5.16 Å². The Labute approximate surface area is 87.6 Å². The van der Waals surface area contributed by atoms with Gasteiger partial charge in [-0.1, -0.05) is 18.7 Å². The van der Waals surface area contributed by atoms with Crippen molar-refractivity contribution in [3.8, 4) is 0 Å². The van der Waals surface area contributed by atoms with E-state index in [9.17, 15) is 0 Å². The van der Waals surface area contributed by atoms with Crippen LogP contribution in [-0.2, 0) is 7.05 Å². The van der Waals surface area contributed by atoms with Gasteiger partial charge in [0.05, 0.1) is 5.84 Å². The molecule has 0 aliphatic carbocycles. The van der Waals surface area contributed by atoms with Gasteiger partial charge in [-0.3, -0.25) is 5.41 Å². The number of hydrogen-bond acceptors (Lipinski definition) is 4. The van der Waals surface area contributed by atoms with Gasteiger partial charge in [-0.05, 0) is 6.42 Å². The smallest absolute Gasteiger partial charge is 0.186 e. The summed E-state index contributed by atoms with van der Waals surface area (Å²) in [5.74, 6) is 0.228. The third kappa shape index (κ3) is 3.02. The van der Waals surface area contributed by atoms with Crippen LogP contribution in [0.3, 0.4) is 0 Å². The molecule has 3 N–H and O–H groups in total. The Bertz CT molecular complexity index is 308. The van der Waals surface area contributed by atoms with Crippen LogP contribution in [-0.4, -0.2) is 25.9 Å². The third-order valence-corrected chi connectivity index (χ3v) is 3.26. The molecule has 1 rings (SSSR count). The molecule has 0 spiro atoms. The Morgan fingerprint density at radius 3 is 2.93 bits per heavy atom. The van der Waals surface area contributed by atoms with Gasteiger partial charge < -0.3 is 5.73 Å². The first-order chi connectivity index (χ1) is 6.63. The summed E-state index contributed by atoms with van der Waals surface area (Å²) in [7, 11) is 1.86. The average Bonchev–Trinajstić information content (AvgIpc) is 2.50. The maximum atomic E-state index is 7.23. The van der Waals surface area contributed by atoms with Gasteiger partial charge in [0, 0.05) is 18.7 Å². The lowest BCUT2D eigenvalue weighted by atomic mass is 10.2. The van der Waals surface area contributed by atoms with Crippen LogP contribution < -0.4 is 5.73 Å². The monoisotopic (exact) mass is 213 g/mol. The summed E-state index contributed by atoms with van der Waals surface area (Å²) >= 11 is 1.62. The Hall–Kier alpha value is -1.04. The minimum absolute atomic E-state index is 0.228. The molecule has 0 saturated heterocycles. The second-order valence-corrected chi connectivity index (χ2v) is 4.31. The Morgan fingerprint density at radius 1 is 1.79 bits per heavy atom. The highest BCUT2D eigenvalue weighted by molar-refractivity contribution is 7.99. The van der Waals surface area contributed by atoms with Gasteiger partial charge in [0.2, 0.25) is 0 Å². The molecule has 1 aromatic heterocycles. The Balaban J connectivity index is 2.57. The summed E-state index contributed by atoms with van der Waals surface area (Å²) in [6.45, 7) is 2.08. The molecular formula is C8H15N5S. The molecule has 14 heavy (non-hydrogen) atoms. The van der Waals surface area contributed by atoms with Crippen LogP contribution in [0.4, 0.5) is 0 Å². The molecule has 0 bridgehead atoms. The van der Waals surface area contributed by atoms with Gasteiger partial charge in [-0.25, -0.2) is 9.67 Å². The van der Waals surface area contributed by atoms with E-state index in [4.69, 9.17) is 11.1 Å². The largest absolute Gasteiger partial charge is 0.388 e. The predicted molar refractivity (Wildman–Crippen MR) is 57.5 cm³/mol. The summed E-state index contributed by atoms with van der Waals surface area (Å²) in [6, 6.07) is 0. The van der Waals surface area contributed by atoms with E-state index in [0.717, 1.165) is 11.6 Å². The van der Waals surface area contributed by atoms with Crippen LogP contribution >= 0.6 is 11.8 Å². The van der Waals surface area contributed by atoms with E-state index in [1.807, 2.05) is 7.05 Å². The fraction of sp³-hybridized carbons (Fsp3) is 0.625. The topological polar surface area (TPSA) is 80.6 Å². The molecule has 0 aromatic carbocycles. The number of nitrogens with zero attached hydrogens (tertiary/aromatic N) is 3. The van der Waals surface area contributed by atoms with Crippen molar-refractivity contribution in [1.29, 1.82) is 5.41 Å². The molecule has 0 aliphatic rings. The summed E-state index contributed by atoms with van der Waals surface area (Å²) in [6.07, 6.45) is 3.11. The number of nitrogens with two attached hydrogens (primary N) is 1. The molecule has 6 heteroatoms. The molecule has 78 valence electrons. The van der Waals surface area contributed by atoms with Gasteiger partial charge >= 0.3 is 0 Å². The normalized spacial score (nSPS) is 12.7. The Kier molecular flexibility index (Phi) is 3.94. The summed E-state index contributed by atoms with van der Waals surface area (Å²) in [4.78, 5) is 4.11. The highest BCUT2D eigenvalue weighted by Crippen LogP contribution is 2.24. The maximum absolute atomic E-state index is 7.23. The third-order valence-electron chi connectivity index (χ3n) is 1.84. The number of hydrogen-bond donors (Lipinski definition) is 2. The van der Waals surface area contributed by atoms with Crippen LogP contribution in [0.1, 0.15) is 19.8 Å². The highest BCUT2D eigenvalue weighted by Gasteiger charge is 2.12. The second kappa shape index (κ2) is 4.99. The number of aryl methyl sites for hydroxylation is 1. The number of amidine groups is 1. The molecule has 1 aromatic rings. The van der Waals surface area contributed by atoms with Crippen molar-refractivity contribution in [2.75, 3.05) is 0 Å². The van der Waals surface area contributed by atoms with Gasteiger partial charge in [0.25, 0.3) is 0 Å². The van der Waals surface area contributed by atoms with Crippen LogP contribution in [0.5, 0.6) is 0 Å². The van der Waals surface area contributed by atoms with Crippen molar-refractivity contribution < 1.29 is 0 Å². The number of thioether (sulfide) groups is 1. The molecule has 5 nitrogen and oxygen atoms in total. The first-order valence-corrected chi connectivity index (χ1v) is 5.35. The summed E-state index contributed by atoms with van der Waals surface area (Å²) in [5.41, 5.74) is 5.36. The zero-order chi connectivity index (χ0) is 10.6. The minimum atomic E-state index is 0.228. The first kappa shape index (κ1) is 11.0. The van der Waals surface area contributed by atoms with E-state index in [-0.39, 0.29) is 5.84 Å². The van der Waals surface area contributed by atoms with E-state index in [1.54, 1.807) is 16.4 Å². The van der Waals surface area contributed by atoms with E-state index < -0.39 is 0 Å². The molecule has 1 unspecified atom stereocenters. The lowest BCUT2D eigenvalue weighted by Gasteiger charge is -2.11. The van der Waals surface area contributed by atoms with E-state index in [0.29, 0.717) is 11.7 Å². The molecule has 0 radical (unpaired) electrons. The quantitative estimate of drug-likeness (QED) is 0.434. The van der Waals surface area contributed by atoms with Crippen LogP contribution in [0.15, 0.2) is 11.5 Å². The molecule has 1 heterocycles. The van der Waals surface area contributed by atoms with Crippen molar-refractivity contribution >= 4 is 17.6 Å². The summed E-state index contributed by atoms with van der Waals surface area (Å²) < 4.78 is 1.73. The molecule has 0 fully saturated rings. The van der Waals surface area contributed by atoms with Crippen molar-refractivity contribution in [3.63, 3.8) is 0 Å². The fourth-order valence-corrected chi connectivity index (χ4v) is 2.09. The second-order valence-electron chi connectivity index (χ2n) is 3.04. The number of aromatic nitrogens is 3. The Morgan fingerprint density at radius 2 is 2.50 bits per heavy atom. The molecular weight excluding hydrogens is 198 g/mol. The molecule has 0 saturated carbocycles. The lowest BCUT2D eigenvalue weighted by Crippen LogP contribution is -2.17. The van der Waals surface area contributed by atoms with E-state index in [1.165, 1.54) is 6.33 Å². The number of rotatable bonds is 5. The SMILES string of the molecule is CCC(CC(=N)N)Sc1ncnn1C. The average molecular weight is 213 g/mol. The van der Waals surface area contributed by atoms with Crippen molar-refractivity contribution in [2.45, 2.75) is 30.2 Å². The lowest BCUT2D eigenvalue weighted by molar-refractivity contribution is 0.681. The zero-order valence-corrected chi connectivity index (χ0v) is 9.21. The van der Waals surface area contributed by atoms with E-state index >= 15 is 0 Å². The van der Waals surface area contributed by atoms with E-state index in [2.05, 4.69) is 17.0 Å². The van der Waals surface area contributed by atoms with Crippen molar-refractivity contribution in [2.24, 2.45) is 12.8 Å². The first-order valence-electron chi connectivity index (χ1n) is 4.47.